The molecule has 1 aromatic carbocycles. The Hall–Kier alpha value is -2.96. The Morgan fingerprint density at radius 1 is 1.08 bits per heavy atom. The second-order valence-electron chi connectivity index (χ2n) is 6.15. The molecule has 7 nitrogen and oxygen atoms in total. The number of nitrogens with one attached hydrogen (secondary N) is 1. The number of nitrogens with zero attached hydrogens (tertiary/aromatic N) is 4. The van der Waals surface area contributed by atoms with Gasteiger partial charge in [-0.3, -0.25) is 9.59 Å². The van der Waals surface area contributed by atoms with Crippen LogP contribution in [0.5, 0.6) is 0 Å². The zero-order valence-electron chi connectivity index (χ0n) is 14.4. The number of amides is 2. The van der Waals surface area contributed by atoms with E-state index in [0.29, 0.717) is 37.7 Å². The van der Waals surface area contributed by atoms with E-state index in [1.807, 2.05) is 18.2 Å². The zero-order chi connectivity index (χ0) is 17.8. The molecule has 130 valence electrons. The maximum atomic E-state index is 12.6. The molecule has 1 saturated heterocycles. The van der Waals surface area contributed by atoms with Gasteiger partial charge in [0, 0.05) is 37.9 Å². The number of anilines is 2. The van der Waals surface area contributed by atoms with Crippen LogP contribution >= 0.6 is 0 Å². The minimum Gasteiger partial charge on any atom is -0.342 e. The predicted octanol–water partition coefficient (Wildman–Crippen LogP) is 1.75. The highest BCUT2D eigenvalue weighted by Crippen LogP contribution is 2.19. The SMILES string of the molecule is Cc1ccc(Nc2cc(C(=O)N3CCN(C=O)CC3)ncn2)cc1C. The van der Waals surface area contributed by atoms with Gasteiger partial charge in [0.1, 0.15) is 17.8 Å². The summed E-state index contributed by atoms with van der Waals surface area (Å²) in [5, 5.41) is 3.21. The summed E-state index contributed by atoms with van der Waals surface area (Å²) in [6.45, 7) is 6.24. The molecule has 1 aliphatic heterocycles. The summed E-state index contributed by atoms with van der Waals surface area (Å²) in [7, 11) is 0. The molecule has 1 fully saturated rings. The first kappa shape index (κ1) is 16.9. The third-order valence-corrected chi connectivity index (χ3v) is 4.42. The van der Waals surface area contributed by atoms with E-state index in [1.54, 1.807) is 15.9 Å². The van der Waals surface area contributed by atoms with Gasteiger partial charge in [0.2, 0.25) is 6.41 Å². The van der Waals surface area contributed by atoms with Crippen LogP contribution in [-0.4, -0.2) is 58.3 Å². The molecule has 2 heterocycles. The second kappa shape index (κ2) is 7.29. The van der Waals surface area contributed by atoms with Crippen molar-refractivity contribution in [2.24, 2.45) is 0 Å². The lowest BCUT2D eigenvalue weighted by Gasteiger charge is -2.32. The summed E-state index contributed by atoms with van der Waals surface area (Å²) >= 11 is 0. The van der Waals surface area contributed by atoms with Crippen LogP contribution in [0.4, 0.5) is 11.5 Å². The third kappa shape index (κ3) is 3.93. The van der Waals surface area contributed by atoms with Crippen molar-refractivity contribution in [3.63, 3.8) is 0 Å². The van der Waals surface area contributed by atoms with Crippen LogP contribution < -0.4 is 5.32 Å². The van der Waals surface area contributed by atoms with E-state index in [2.05, 4.69) is 29.1 Å². The topological polar surface area (TPSA) is 78.4 Å². The summed E-state index contributed by atoms with van der Waals surface area (Å²) < 4.78 is 0. The molecule has 1 aliphatic rings. The number of piperazine rings is 1. The number of hydrogen-bond donors (Lipinski definition) is 1. The maximum absolute atomic E-state index is 12.6. The molecule has 1 aromatic heterocycles. The number of carbonyl (C=O) groups is 2. The number of aromatic nitrogens is 2. The van der Waals surface area contributed by atoms with Crippen LogP contribution in [0.3, 0.4) is 0 Å². The molecule has 1 N–H and O–H groups in total. The summed E-state index contributed by atoms with van der Waals surface area (Å²) in [5.74, 6) is 0.434. The van der Waals surface area contributed by atoms with E-state index >= 15 is 0 Å². The second-order valence-corrected chi connectivity index (χ2v) is 6.15. The van der Waals surface area contributed by atoms with E-state index in [0.717, 1.165) is 12.1 Å². The molecule has 2 aromatic rings. The van der Waals surface area contributed by atoms with Gasteiger partial charge in [-0.15, -0.1) is 0 Å². The molecular weight excluding hydrogens is 318 g/mol. The third-order valence-electron chi connectivity index (χ3n) is 4.42. The molecule has 0 bridgehead atoms. The molecule has 0 saturated carbocycles. The van der Waals surface area contributed by atoms with E-state index in [1.165, 1.54) is 17.5 Å². The van der Waals surface area contributed by atoms with Gasteiger partial charge in [-0.05, 0) is 37.1 Å². The van der Waals surface area contributed by atoms with Gasteiger partial charge in [-0.2, -0.15) is 0 Å². The fourth-order valence-electron chi connectivity index (χ4n) is 2.70. The Morgan fingerprint density at radius 3 is 2.52 bits per heavy atom. The lowest BCUT2D eigenvalue weighted by Crippen LogP contribution is -2.48. The van der Waals surface area contributed by atoms with Crippen LogP contribution in [-0.2, 0) is 4.79 Å². The molecule has 0 radical (unpaired) electrons. The Balaban J connectivity index is 1.71. The molecule has 2 amide bonds. The molecular formula is C18H21N5O2. The van der Waals surface area contributed by atoms with Crippen molar-refractivity contribution in [3.8, 4) is 0 Å². The van der Waals surface area contributed by atoms with E-state index in [-0.39, 0.29) is 5.91 Å². The van der Waals surface area contributed by atoms with Crippen molar-refractivity contribution in [1.82, 2.24) is 19.8 Å². The molecule has 0 spiro atoms. The van der Waals surface area contributed by atoms with Gasteiger partial charge in [-0.25, -0.2) is 9.97 Å². The van der Waals surface area contributed by atoms with E-state index in [9.17, 15) is 9.59 Å². The van der Waals surface area contributed by atoms with Crippen molar-refractivity contribution >= 4 is 23.8 Å². The quantitative estimate of drug-likeness (QED) is 0.859. The Kier molecular flexibility index (Phi) is 4.92. The van der Waals surface area contributed by atoms with Gasteiger partial charge >= 0.3 is 0 Å². The number of aryl methyl sites for hydroxylation is 2. The summed E-state index contributed by atoms with van der Waals surface area (Å²) in [6.07, 6.45) is 2.20. The molecule has 0 unspecified atom stereocenters. The number of carbonyl (C=O) groups excluding carboxylic acids is 2. The fourth-order valence-corrected chi connectivity index (χ4v) is 2.70. The van der Waals surface area contributed by atoms with Crippen molar-refractivity contribution in [1.29, 1.82) is 0 Å². The maximum Gasteiger partial charge on any atom is 0.272 e. The normalized spacial score (nSPS) is 14.3. The summed E-state index contributed by atoms with van der Waals surface area (Å²) in [5.41, 5.74) is 3.67. The van der Waals surface area contributed by atoms with Crippen LogP contribution in [0.25, 0.3) is 0 Å². The molecule has 0 aliphatic carbocycles. The van der Waals surface area contributed by atoms with E-state index < -0.39 is 0 Å². The fraction of sp³-hybridized carbons (Fsp3) is 0.333. The average molecular weight is 339 g/mol. The summed E-state index contributed by atoms with van der Waals surface area (Å²) in [4.78, 5) is 35.0. The standard InChI is InChI=1S/C18H21N5O2/c1-13-3-4-15(9-14(13)2)21-17-10-16(19-11-20-17)18(25)23-7-5-22(12-24)6-8-23/h3-4,9-12H,5-8H2,1-2H3,(H,19,20,21). The lowest BCUT2D eigenvalue weighted by molar-refractivity contribution is -0.119. The van der Waals surface area contributed by atoms with Crippen LogP contribution in [0.1, 0.15) is 21.6 Å². The Bertz CT molecular complexity index is 785. The Morgan fingerprint density at radius 2 is 1.84 bits per heavy atom. The first-order valence-corrected chi connectivity index (χ1v) is 8.22. The van der Waals surface area contributed by atoms with Crippen LogP contribution in [0.2, 0.25) is 0 Å². The van der Waals surface area contributed by atoms with Gasteiger partial charge < -0.3 is 15.1 Å². The van der Waals surface area contributed by atoms with Crippen molar-refractivity contribution in [3.05, 3.63) is 47.4 Å². The largest absolute Gasteiger partial charge is 0.342 e. The van der Waals surface area contributed by atoms with E-state index in [4.69, 9.17) is 0 Å². The number of benzene rings is 1. The first-order valence-electron chi connectivity index (χ1n) is 8.22. The number of rotatable bonds is 4. The highest BCUT2D eigenvalue weighted by Gasteiger charge is 2.22. The minimum absolute atomic E-state index is 0.143. The lowest BCUT2D eigenvalue weighted by atomic mass is 10.1. The van der Waals surface area contributed by atoms with Gasteiger partial charge in [0.15, 0.2) is 0 Å². The zero-order valence-corrected chi connectivity index (χ0v) is 14.4. The van der Waals surface area contributed by atoms with Crippen molar-refractivity contribution < 1.29 is 9.59 Å². The van der Waals surface area contributed by atoms with Crippen molar-refractivity contribution in [2.45, 2.75) is 13.8 Å². The van der Waals surface area contributed by atoms with Gasteiger partial charge in [0.25, 0.3) is 5.91 Å². The monoisotopic (exact) mass is 339 g/mol. The highest BCUT2D eigenvalue weighted by molar-refractivity contribution is 5.93. The summed E-state index contributed by atoms with van der Waals surface area (Å²) in [6, 6.07) is 7.71. The van der Waals surface area contributed by atoms with Crippen molar-refractivity contribution in [2.75, 3.05) is 31.5 Å². The van der Waals surface area contributed by atoms with Gasteiger partial charge in [-0.1, -0.05) is 6.07 Å². The molecule has 25 heavy (non-hydrogen) atoms. The minimum atomic E-state index is -0.143. The van der Waals surface area contributed by atoms with Crippen LogP contribution in [0, 0.1) is 13.8 Å². The Labute approximate surface area is 146 Å². The average Bonchev–Trinajstić information content (AvgIpc) is 2.64. The smallest absolute Gasteiger partial charge is 0.272 e. The molecule has 7 heteroatoms. The number of hydrogen-bond acceptors (Lipinski definition) is 5. The highest BCUT2D eigenvalue weighted by atomic mass is 16.2. The molecule has 0 atom stereocenters. The van der Waals surface area contributed by atoms with Gasteiger partial charge in [0.05, 0.1) is 0 Å². The molecule has 3 rings (SSSR count). The van der Waals surface area contributed by atoms with Crippen LogP contribution in [0.15, 0.2) is 30.6 Å². The predicted molar refractivity (Wildman–Crippen MR) is 94.8 cm³/mol. The first-order chi connectivity index (χ1) is 12.1.